The molecule has 2 aromatic heterocycles. The first kappa shape index (κ1) is 23.0. The van der Waals surface area contributed by atoms with Crippen LogP contribution in [0.2, 0.25) is 0 Å². The molecule has 32 heavy (non-hydrogen) atoms. The molecule has 0 saturated heterocycles. The minimum absolute atomic E-state index is 0.00818. The second-order valence-electron chi connectivity index (χ2n) is 7.57. The smallest absolute Gasteiger partial charge is 0.330 e. The van der Waals surface area contributed by atoms with Gasteiger partial charge in [-0.15, -0.1) is 0 Å². The second-order valence-corrected chi connectivity index (χ2v) is 7.57. The molecule has 4 N–H and O–H groups in total. The number of amides is 1. The molecule has 0 unspecified atom stereocenters. The fourth-order valence-electron chi connectivity index (χ4n) is 3.57. The second kappa shape index (κ2) is 10.1. The summed E-state index contributed by atoms with van der Waals surface area (Å²) < 4.78 is 1.29. The van der Waals surface area contributed by atoms with Gasteiger partial charge < -0.3 is 15.6 Å². The van der Waals surface area contributed by atoms with E-state index in [1.807, 2.05) is 13.8 Å². The van der Waals surface area contributed by atoms with Gasteiger partial charge in [-0.05, 0) is 25.0 Å². The third kappa shape index (κ3) is 4.79. The first-order valence-corrected chi connectivity index (χ1v) is 10.8. The lowest BCUT2D eigenvalue weighted by Crippen LogP contribution is -2.41. The number of nitrogens with one attached hydrogen (secondary N) is 2. The number of carbonyl (C=O) groups is 1. The Morgan fingerprint density at radius 2 is 1.84 bits per heavy atom. The summed E-state index contributed by atoms with van der Waals surface area (Å²) in [7, 11) is 0. The molecule has 170 valence electrons. The number of fused-ring (bicyclic) bond motifs is 1. The van der Waals surface area contributed by atoms with Crippen molar-refractivity contribution in [2.75, 3.05) is 17.2 Å². The zero-order chi connectivity index (χ0) is 23.3. The average Bonchev–Trinajstić information content (AvgIpc) is 2.76. The van der Waals surface area contributed by atoms with E-state index < -0.39 is 11.2 Å². The third-order valence-electron chi connectivity index (χ3n) is 5.21. The molecule has 0 bridgehead atoms. The van der Waals surface area contributed by atoms with Crippen LogP contribution in [-0.4, -0.2) is 32.0 Å². The number of para-hydroxylation sites is 1. The summed E-state index contributed by atoms with van der Waals surface area (Å²) >= 11 is 0. The topological polar surface area (TPSA) is 147 Å². The number of aromatic nitrogens is 4. The van der Waals surface area contributed by atoms with Crippen LogP contribution in [0.1, 0.15) is 45.4 Å². The van der Waals surface area contributed by atoms with Crippen LogP contribution in [0.4, 0.5) is 11.5 Å². The van der Waals surface area contributed by atoms with Crippen molar-refractivity contribution in [3.05, 3.63) is 61.3 Å². The summed E-state index contributed by atoms with van der Waals surface area (Å²) in [5, 5.41) is 0.476. The molecular weight excluding hydrogens is 412 g/mol. The lowest BCUT2D eigenvalue weighted by Gasteiger charge is -2.24. The molecule has 10 nitrogen and oxygen atoms in total. The Balaban J connectivity index is 1.89. The van der Waals surface area contributed by atoms with E-state index in [2.05, 4.69) is 15.0 Å². The van der Waals surface area contributed by atoms with Crippen molar-refractivity contribution < 1.29 is 4.79 Å². The number of carbonyl (C=O) groups excluding carboxylic acids is 1. The molecule has 0 aliphatic rings. The van der Waals surface area contributed by atoms with Crippen molar-refractivity contribution >= 4 is 28.3 Å². The van der Waals surface area contributed by atoms with Crippen LogP contribution in [0, 0.1) is 0 Å². The van der Waals surface area contributed by atoms with Gasteiger partial charge >= 0.3 is 5.69 Å². The van der Waals surface area contributed by atoms with Crippen molar-refractivity contribution in [1.82, 2.24) is 19.5 Å². The number of nitrogen functional groups attached to an aromatic ring is 1. The maximum atomic E-state index is 13.1. The van der Waals surface area contributed by atoms with Gasteiger partial charge in [-0.1, -0.05) is 32.4 Å². The highest BCUT2D eigenvalue weighted by Gasteiger charge is 2.23. The zero-order valence-corrected chi connectivity index (χ0v) is 18.3. The monoisotopic (exact) mass is 440 g/mol. The minimum atomic E-state index is -0.695. The molecule has 0 aliphatic heterocycles. The maximum Gasteiger partial charge on any atom is 0.330 e. The van der Waals surface area contributed by atoms with E-state index in [0.717, 1.165) is 6.42 Å². The Morgan fingerprint density at radius 1 is 1.09 bits per heavy atom. The van der Waals surface area contributed by atoms with E-state index >= 15 is 0 Å². The molecule has 1 aromatic carbocycles. The number of nitrogens with zero attached hydrogens (tertiary/aromatic N) is 3. The van der Waals surface area contributed by atoms with Crippen molar-refractivity contribution in [1.29, 1.82) is 0 Å². The lowest BCUT2D eigenvalue weighted by atomic mass is 10.2. The van der Waals surface area contributed by atoms with Crippen LogP contribution in [0.3, 0.4) is 0 Å². The first-order valence-electron chi connectivity index (χ1n) is 10.8. The molecule has 10 heteroatoms. The number of hydrogen-bond acceptors (Lipinski definition) is 6. The standard InChI is InChI=1S/C22H28N6O4/c1-3-5-13-28-19(23)18(21(31)26-22(28)32)27(12-4-2)17(29)11-10-16-24-15-9-7-6-8-14(15)20(30)25-16/h6-9H,3-5,10-13,23H2,1-2H3,(H,24,25,30)(H,26,31,32). The van der Waals surface area contributed by atoms with Crippen molar-refractivity contribution in [3.8, 4) is 0 Å². The van der Waals surface area contributed by atoms with Gasteiger partial charge in [0.1, 0.15) is 11.6 Å². The molecular formula is C22H28N6O4. The van der Waals surface area contributed by atoms with E-state index in [4.69, 9.17) is 5.73 Å². The number of hydrogen-bond donors (Lipinski definition) is 3. The molecule has 0 radical (unpaired) electrons. The Kier molecular flexibility index (Phi) is 7.24. The van der Waals surface area contributed by atoms with Crippen LogP contribution < -0.4 is 27.4 Å². The Labute approximate surface area is 184 Å². The fourth-order valence-corrected chi connectivity index (χ4v) is 3.57. The van der Waals surface area contributed by atoms with Gasteiger partial charge in [0.25, 0.3) is 11.1 Å². The Hall–Kier alpha value is -3.69. The first-order chi connectivity index (χ1) is 15.4. The van der Waals surface area contributed by atoms with Gasteiger partial charge in [0, 0.05) is 25.9 Å². The normalized spacial score (nSPS) is 11.1. The lowest BCUT2D eigenvalue weighted by molar-refractivity contribution is -0.118. The van der Waals surface area contributed by atoms with E-state index in [1.165, 1.54) is 9.47 Å². The van der Waals surface area contributed by atoms with Gasteiger partial charge in [0.2, 0.25) is 5.91 Å². The predicted molar refractivity (Wildman–Crippen MR) is 124 cm³/mol. The molecule has 0 saturated carbocycles. The largest absolute Gasteiger partial charge is 0.383 e. The van der Waals surface area contributed by atoms with Crippen molar-refractivity contribution in [2.24, 2.45) is 0 Å². The number of aryl methyl sites for hydroxylation is 1. The number of benzene rings is 1. The Bertz CT molecular complexity index is 1290. The quantitative estimate of drug-likeness (QED) is 0.460. The molecule has 3 rings (SSSR count). The number of H-pyrrole nitrogens is 2. The predicted octanol–water partition coefficient (Wildman–Crippen LogP) is 1.53. The van der Waals surface area contributed by atoms with Crippen LogP contribution >= 0.6 is 0 Å². The van der Waals surface area contributed by atoms with Gasteiger partial charge in [0.15, 0.2) is 5.69 Å². The summed E-state index contributed by atoms with van der Waals surface area (Å²) in [6.45, 7) is 4.47. The van der Waals surface area contributed by atoms with Crippen molar-refractivity contribution in [2.45, 2.75) is 52.5 Å². The van der Waals surface area contributed by atoms with Gasteiger partial charge in [-0.25, -0.2) is 9.78 Å². The Morgan fingerprint density at radius 3 is 2.56 bits per heavy atom. The fraction of sp³-hybridized carbons (Fsp3) is 0.409. The maximum absolute atomic E-state index is 13.1. The molecule has 2 heterocycles. The number of anilines is 2. The number of nitrogens with two attached hydrogens (primary N) is 1. The molecule has 1 amide bonds. The molecule has 0 aliphatic carbocycles. The van der Waals surface area contributed by atoms with Gasteiger partial charge in [0.05, 0.1) is 10.9 Å². The highest BCUT2D eigenvalue weighted by molar-refractivity contribution is 5.95. The molecule has 0 atom stereocenters. The minimum Gasteiger partial charge on any atom is -0.383 e. The zero-order valence-electron chi connectivity index (χ0n) is 18.3. The summed E-state index contributed by atoms with van der Waals surface area (Å²) in [6, 6.07) is 6.96. The highest BCUT2D eigenvalue weighted by Crippen LogP contribution is 2.19. The van der Waals surface area contributed by atoms with Crippen LogP contribution in [0.25, 0.3) is 10.9 Å². The highest BCUT2D eigenvalue weighted by atomic mass is 16.2. The molecule has 0 spiro atoms. The third-order valence-corrected chi connectivity index (χ3v) is 5.21. The summed E-state index contributed by atoms with van der Waals surface area (Å²) in [5.74, 6) is 0.0140. The number of rotatable bonds is 9. The van der Waals surface area contributed by atoms with E-state index in [-0.39, 0.29) is 42.4 Å². The molecule has 3 aromatic rings. The van der Waals surface area contributed by atoms with Crippen LogP contribution in [0.15, 0.2) is 38.6 Å². The number of unbranched alkanes of at least 4 members (excludes halogenated alkanes) is 1. The number of aromatic amines is 2. The SMILES string of the molecule is CCCCn1c(N)c(N(CCC)C(=O)CCc2nc3ccccc3c(=O)[nH]2)c(=O)[nH]c1=O. The van der Waals surface area contributed by atoms with Crippen molar-refractivity contribution in [3.63, 3.8) is 0 Å². The average molecular weight is 441 g/mol. The summed E-state index contributed by atoms with van der Waals surface area (Å²) in [5.41, 5.74) is 5.14. The van der Waals surface area contributed by atoms with E-state index in [0.29, 0.717) is 36.1 Å². The summed E-state index contributed by atoms with van der Waals surface area (Å²) in [6.07, 6.45) is 2.33. The van der Waals surface area contributed by atoms with Crippen LogP contribution in [0.5, 0.6) is 0 Å². The summed E-state index contributed by atoms with van der Waals surface area (Å²) in [4.78, 5) is 60.8. The molecule has 0 fully saturated rings. The van der Waals surface area contributed by atoms with Crippen LogP contribution in [-0.2, 0) is 17.8 Å². The van der Waals surface area contributed by atoms with E-state index in [1.54, 1.807) is 24.3 Å². The van der Waals surface area contributed by atoms with Gasteiger partial charge in [-0.3, -0.25) is 23.9 Å². The van der Waals surface area contributed by atoms with Gasteiger partial charge in [-0.2, -0.15) is 0 Å². The van der Waals surface area contributed by atoms with E-state index in [9.17, 15) is 19.2 Å².